The monoisotopic (exact) mass is 287 g/mol. The zero-order valence-corrected chi connectivity index (χ0v) is 12.1. The first kappa shape index (κ1) is 15.6. The molecule has 0 spiro atoms. The zero-order chi connectivity index (χ0) is 14.3. The number of ether oxygens (including phenoxy) is 1. The molecule has 0 aromatic heterocycles. The average molecular weight is 287 g/mol. The summed E-state index contributed by atoms with van der Waals surface area (Å²) in [7, 11) is -3.21. The summed E-state index contributed by atoms with van der Waals surface area (Å²) in [5.74, 6) is 0.680. The molecule has 6 nitrogen and oxygen atoms in total. The van der Waals surface area contributed by atoms with Crippen LogP contribution in [-0.2, 0) is 10.0 Å². The fourth-order valence-corrected chi connectivity index (χ4v) is 2.55. The van der Waals surface area contributed by atoms with Gasteiger partial charge in [-0.1, -0.05) is 6.92 Å². The number of nitrogens with one attached hydrogen (secondary N) is 2. The number of nitrogens with two attached hydrogens (primary N) is 1. The Kier molecular flexibility index (Phi) is 5.91. The Balaban J connectivity index is 2.58. The van der Waals surface area contributed by atoms with Crippen LogP contribution in [0.2, 0.25) is 0 Å². The standard InChI is InChI=1S/C12H21N3O3S/c1-3-15-19(16,17)6-5-14-11-7-10(13)8-12(9-11)18-4-2/h7-9,14-15H,3-6,13H2,1-2H3. The van der Waals surface area contributed by atoms with Crippen molar-refractivity contribution in [2.75, 3.05) is 36.5 Å². The van der Waals surface area contributed by atoms with Crippen LogP contribution in [0, 0.1) is 0 Å². The predicted molar refractivity (Wildman–Crippen MR) is 78.0 cm³/mol. The third-order valence-electron chi connectivity index (χ3n) is 2.30. The third-order valence-corrected chi connectivity index (χ3v) is 3.77. The van der Waals surface area contributed by atoms with E-state index in [0.29, 0.717) is 31.1 Å². The van der Waals surface area contributed by atoms with E-state index in [9.17, 15) is 8.42 Å². The van der Waals surface area contributed by atoms with Gasteiger partial charge in [-0.05, 0) is 13.0 Å². The van der Waals surface area contributed by atoms with Crippen molar-refractivity contribution in [1.29, 1.82) is 0 Å². The molecule has 7 heteroatoms. The second-order valence-corrected chi connectivity index (χ2v) is 5.89. The third kappa shape index (κ3) is 5.80. The summed E-state index contributed by atoms with van der Waals surface area (Å²) in [6, 6.07) is 5.26. The van der Waals surface area contributed by atoms with E-state index < -0.39 is 10.0 Å². The first-order valence-corrected chi connectivity index (χ1v) is 7.86. The van der Waals surface area contributed by atoms with E-state index in [1.54, 1.807) is 25.1 Å². The van der Waals surface area contributed by atoms with Crippen LogP contribution < -0.4 is 20.5 Å². The van der Waals surface area contributed by atoms with Crippen molar-refractivity contribution in [2.45, 2.75) is 13.8 Å². The molecular weight excluding hydrogens is 266 g/mol. The Morgan fingerprint density at radius 3 is 2.63 bits per heavy atom. The van der Waals surface area contributed by atoms with Gasteiger partial charge in [0.15, 0.2) is 0 Å². The first-order chi connectivity index (χ1) is 8.96. The minimum Gasteiger partial charge on any atom is -0.494 e. The summed E-state index contributed by atoms with van der Waals surface area (Å²) in [6.45, 7) is 4.90. The van der Waals surface area contributed by atoms with Crippen molar-refractivity contribution in [3.8, 4) is 5.75 Å². The highest BCUT2D eigenvalue weighted by atomic mass is 32.2. The zero-order valence-electron chi connectivity index (χ0n) is 11.3. The molecular formula is C12H21N3O3S. The van der Waals surface area contributed by atoms with Crippen molar-refractivity contribution in [3.63, 3.8) is 0 Å². The minimum atomic E-state index is -3.21. The Morgan fingerprint density at radius 2 is 2.00 bits per heavy atom. The molecule has 108 valence electrons. The van der Waals surface area contributed by atoms with Crippen molar-refractivity contribution in [2.24, 2.45) is 0 Å². The maximum absolute atomic E-state index is 11.5. The van der Waals surface area contributed by atoms with E-state index in [4.69, 9.17) is 10.5 Å². The van der Waals surface area contributed by atoms with E-state index >= 15 is 0 Å². The van der Waals surface area contributed by atoms with Gasteiger partial charge in [0, 0.05) is 36.6 Å². The van der Waals surface area contributed by atoms with Crippen LogP contribution in [0.5, 0.6) is 5.75 Å². The summed E-state index contributed by atoms with van der Waals surface area (Å²) < 4.78 is 30.7. The van der Waals surface area contributed by atoms with E-state index in [-0.39, 0.29) is 5.75 Å². The number of rotatable bonds is 8. The minimum absolute atomic E-state index is 0.0135. The normalized spacial score (nSPS) is 11.3. The summed E-state index contributed by atoms with van der Waals surface area (Å²) >= 11 is 0. The van der Waals surface area contributed by atoms with Crippen LogP contribution in [-0.4, -0.2) is 33.9 Å². The van der Waals surface area contributed by atoms with E-state index in [1.807, 2.05) is 6.92 Å². The van der Waals surface area contributed by atoms with Crippen LogP contribution in [0.1, 0.15) is 13.8 Å². The highest BCUT2D eigenvalue weighted by Gasteiger charge is 2.07. The number of sulfonamides is 1. The van der Waals surface area contributed by atoms with E-state index in [2.05, 4.69) is 10.0 Å². The Labute approximate surface area is 114 Å². The molecule has 1 aromatic rings. The van der Waals surface area contributed by atoms with Crippen LogP contribution >= 0.6 is 0 Å². The molecule has 0 heterocycles. The Hall–Kier alpha value is -1.47. The highest BCUT2D eigenvalue weighted by Crippen LogP contribution is 2.22. The van der Waals surface area contributed by atoms with Crippen molar-refractivity contribution >= 4 is 21.4 Å². The van der Waals surface area contributed by atoms with Gasteiger partial charge < -0.3 is 15.8 Å². The molecule has 4 N–H and O–H groups in total. The van der Waals surface area contributed by atoms with Crippen molar-refractivity contribution in [3.05, 3.63) is 18.2 Å². The van der Waals surface area contributed by atoms with Gasteiger partial charge >= 0.3 is 0 Å². The number of anilines is 2. The van der Waals surface area contributed by atoms with E-state index in [0.717, 1.165) is 5.69 Å². The SMILES string of the molecule is CCNS(=O)(=O)CCNc1cc(N)cc(OCC)c1. The first-order valence-electron chi connectivity index (χ1n) is 6.21. The molecule has 0 atom stereocenters. The quantitative estimate of drug-likeness (QED) is 0.621. The van der Waals surface area contributed by atoms with Crippen LogP contribution in [0.4, 0.5) is 11.4 Å². The van der Waals surface area contributed by atoms with Gasteiger partial charge in [0.25, 0.3) is 0 Å². The van der Waals surface area contributed by atoms with Gasteiger partial charge in [-0.2, -0.15) is 0 Å². The lowest BCUT2D eigenvalue weighted by atomic mass is 10.2. The van der Waals surface area contributed by atoms with Gasteiger partial charge in [-0.25, -0.2) is 13.1 Å². The molecule has 0 aliphatic carbocycles. The van der Waals surface area contributed by atoms with Crippen molar-refractivity contribution < 1.29 is 13.2 Å². The van der Waals surface area contributed by atoms with E-state index in [1.165, 1.54) is 0 Å². The van der Waals surface area contributed by atoms with Gasteiger partial charge in [0.05, 0.1) is 12.4 Å². The average Bonchev–Trinajstić information content (AvgIpc) is 2.28. The van der Waals surface area contributed by atoms with Gasteiger partial charge in [0.1, 0.15) is 5.75 Å². The molecule has 0 aliphatic heterocycles. The van der Waals surface area contributed by atoms with Crippen LogP contribution in [0.15, 0.2) is 18.2 Å². The second-order valence-electron chi connectivity index (χ2n) is 3.97. The number of benzene rings is 1. The number of hydrogen-bond donors (Lipinski definition) is 3. The summed E-state index contributed by atoms with van der Waals surface area (Å²) in [5, 5.41) is 3.02. The molecule has 0 bridgehead atoms. The molecule has 1 rings (SSSR count). The number of nitrogen functional groups attached to an aromatic ring is 1. The second kappa shape index (κ2) is 7.20. The maximum Gasteiger partial charge on any atom is 0.213 e. The molecule has 0 fully saturated rings. The summed E-state index contributed by atoms with van der Waals surface area (Å²) in [5.41, 5.74) is 7.06. The fourth-order valence-electron chi connectivity index (χ4n) is 1.60. The molecule has 19 heavy (non-hydrogen) atoms. The Morgan fingerprint density at radius 1 is 1.26 bits per heavy atom. The molecule has 0 unspecified atom stereocenters. The van der Waals surface area contributed by atoms with Crippen LogP contribution in [0.3, 0.4) is 0 Å². The van der Waals surface area contributed by atoms with Gasteiger partial charge in [-0.3, -0.25) is 0 Å². The number of hydrogen-bond acceptors (Lipinski definition) is 5. The lowest BCUT2D eigenvalue weighted by Gasteiger charge is -2.10. The smallest absolute Gasteiger partial charge is 0.213 e. The maximum atomic E-state index is 11.5. The molecule has 0 radical (unpaired) electrons. The molecule has 0 aliphatic rings. The van der Waals surface area contributed by atoms with Gasteiger partial charge in [0.2, 0.25) is 10.0 Å². The van der Waals surface area contributed by atoms with Crippen molar-refractivity contribution in [1.82, 2.24) is 4.72 Å². The predicted octanol–water partition coefficient (Wildman–Crippen LogP) is 1.02. The summed E-state index contributed by atoms with van der Waals surface area (Å²) in [6.07, 6.45) is 0. The lowest BCUT2D eigenvalue weighted by molar-refractivity contribution is 0.340. The topological polar surface area (TPSA) is 93.5 Å². The Bertz CT molecular complexity index is 503. The molecule has 0 saturated carbocycles. The largest absolute Gasteiger partial charge is 0.494 e. The molecule has 1 aromatic carbocycles. The molecule has 0 amide bonds. The fraction of sp³-hybridized carbons (Fsp3) is 0.500. The van der Waals surface area contributed by atoms with Crippen LogP contribution in [0.25, 0.3) is 0 Å². The lowest BCUT2D eigenvalue weighted by Crippen LogP contribution is -2.29. The van der Waals surface area contributed by atoms with Gasteiger partial charge in [-0.15, -0.1) is 0 Å². The highest BCUT2D eigenvalue weighted by molar-refractivity contribution is 7.89. The summed E-state index contributed by atoms with van der Waals surface area (Å²) in [4.78, 5) is 0. The molecule has 0 saturated heterocycles.